The Morgan fingerprint density at radius 2 is 2.04 bits per heavy atom. The number of rotatable bonds is 6. The monoisotopic (exact) mass is 380 g/mol. The van der Waals surface area contributed by atoms with Crippen molar-refractivity contribution in [2.75, 3.05) is 15.8 Å². The molecule has 2 aromatic heterocycles. The Morgan fingerprint density at radius 1 is 1.22 bits per heavy atom. The van der Waals surface area contributed by atoms with Crippen LogP contribution >= 0.6 is 11.9 Å². The van der Waals surface area contributed by atoms with Crippen molar-refractivity contribution in [3.63, 3.8) is 0 Å². The molecule has 0 spiro atoms. The van der Waals surface area contributed by atoms with Crippen molar-refractivity contribution in [2.24, 2.45) is 5.92 Å². The second kappa shape index (κ2) is 7.27. The van der Waals surface area contributed by atoms with Gasteiger partial charge in [0.2, 0.25) is 5.91 Å². The maximum atomic E-state index is 12.2. The molecule has 5 nitrogen and oxygen atoms in total. The van der Waals surface area contributed by atoms with Crippen molar-refractivity contribution in [3.8, 4) is 11.1 Å². The number of aromatic amines is 1. The number of carbonyl (C=O) groups is 1. The average molecular weight is 381 g/mol. The SMILES string of the molecule is CCSNc1ccc(-c2cc(NC(=O)C3CC3)nc3[nH]ccc23)c(C)c1C. The minimum Gasteiger partial charge on any atom is -0.346 e. The highest BCUT2D eigenvalue weighted by Gasteiger charge is 2.30. The van der Waals surface area contributed by atoms with Crippen molar-refractivity contribution in [3.05, 3.63) is 41.6 Å². The zero-order valence-corrected chi connectivity index (χ0v) is 16.7. The van der Waals surface area contributed by atoms with Gasteiger partial charge in [0.15, 0.2) is 0 Å². The maximum absolute atomic E-state index is 12.2. The molecule has 1 aliphatic carbocycles. The molecule has 1 fully saturated rings. The summed E-state index contributed by atoms with van der Waals surface area (Å²) in [7, 11) is 0. The fraction of sp³-hybridized carbons (Fsp3) is 0.333. The molecule has 0 atom stereocenters. The van der Waals surface area contributed by atoms with Crippen molar-refractivity contribution >= 4 is 40.4 Å². The van der Waals surface area contributed by atoms with Crippen LogP contribution in [-0.4, -0.2) is 21.6 Å². The molecule has 1 saturated carbocycles. The molecule has 6 heteroatoms. The lowest BCUT2D eigenvalue weighted by molar-refractivity contribution is -0.117. The fourth-order valence-electron chi connectivity index (χ4n) is 3.27. The van der Waals surface area contributed by atoms with E-state index in [1.54, 1.807) is 11.9 Å². The first-order valence-corrected chi connectivity index (χ1v) is 10.3. The Bertz CT molecular complexity index is 1010. The van der Waals surface area contributed by atoms with E-state index in [0.717, 1.165) is 46.4 Å². The lowest BCUT2D eigenvalue weighted by Gasteiger charge is -2.16. The molecule has 1 amide bonds. The lowest BCUT2D eigenvalue weighted by atomic mass is 9.94. The number of amides is 1. The van der Waals surface area contributed by atoms with Gasteiger partial charge in [-0.25, -0.2) is 4.98 Å². The number of carbonyl (C=O) groups excluding carboxylic acids is 1. The molecule has 1 aromatic carbocycles. The standard InChI is InChI=1S/C21H24N4OS/c1-4-27-25-18-8-7-15(12(2)13(18)3)17-11-19(24-21(26)14-5-6-14)23-20-16(17)9-10-22-20/h7-11,14,25H,4-6H2,1-3H3,(H2,22,23,24,26). The first kappa shape index (κ1) is 17.9. The van der Waals surface area contributed by atoms with Gasteiger partial charge in [-0.3, -0.25) is 4.79 Å². The number of nitrogens with one attached hydrogen (secondary N) is 3. The summed E-state index contributed by atoms with van der Waals surface area (Å²) in [6, 6.07) is 8.31. The molecule has 4 rings (SSSR count). The Morgan fingerprint density at radius 3 is 2.78 bits per heavy atom. The zero-order chi connectivity index (χ0) is 19.0. The zero-order valence-electron chi connectivity index (χ0n) is 15.8. The third kappa shape index (κ3) is 3.54. The second-order valence-electron chi connectivity index (χ2n) is 7.00. The van der Waals surface area contributed by atoms with Crippen LogP contribution in [0.2, 0.25) is 0 Å². The van der Waals surface area contributed by atoms with Gasteiger partial charge in [-0.2, -0.15) is 0 Å². The summed E-state index contributed by atoms with van der Waals surface area (Å²) in [6.07, 6.45) is 3.85. The van der Waals surface area contributed by atoms with E-state index in [4.69, 9.17) is 0 Å². The molecule has 3 N–H and O–H groups in total. The minimum absolute atomic E-state index is 0.0726. The van der Waals surface area contributed by atoms with Gasteiger partial charge < -0.3 is 15.0 Å². The van der Waals surface area contributed by atoms with Gasteiger partial charge in [-0.05, 0) is 67.1 Å². The van der Waals surface area contributed by atoms with E-state index in [-0.39, 0.29) is 11.8 Å². The second-order valence-corrected chi connectivity index (χ2v) is 8.07. The van der Waals surface area contributed by atoms with E-state index >= 15 is 0 Å². The smallest absolute Gasteiger partial charge is 0.228 e. The molecule has 0 aliphatic heterocycles. The molecule has 140 valence electrons. The molecule has 0 radical (unpaired) electrons. The van der Waals surface area contributed by atoms with Crippen molar-refractivity contribution in [1.29, 1.82) is 0 Å². The normalized spacial score (nSPS) is 13.7. The van der Waals surface area contributed by atoms with Crippen LogP contribution in [0.5, 0.6) is 0 Å². The summed E-state index contributed by atoms with van der Waals surface area (Å²) in [5.41, 5.74) is 6.64. The predicted octanol–water partition coefficient (Wildman–Crippen LogP) is 5.28. The van der Waals surface area contributed by atoms with E-state index in [1.807, 2.05) is 18.3 Å². The lowest BCUT2D eigenvalue weighted by Crippen LogP contribution is -2.14. The first-order valence-electron chi connectivity index (χ1n) is 9.36. The molecule has 3 aromatic rings. The number of aromatic nitrogens is 2. The summed E-state index contributed by atoms with van der Waals surface area (Å²) in [5.74, 6) is 1.85. The Labute approximate surface area is 163 Å². The summed E-state index contributed by atoms with van der Waals surface area (Å²) >= 11 is 1.70. The van der Waals surface area contributed by atoms with Crippen LogP contribution in [0.25, 0.3) is 22.2 Å². The Hall–Kier alpha value is -2.47. The van der Waals surface area contributed by atoms with Gasteiger partial charge in [0.1, 0.15) is 11.5 Å². The Kier molecular flexibility index (Phi) is 4.83. The van der Waals surface area contributed by atoms with Crippen LogP contribution in [0.15, 0.2) is 30.5 Å². The van der Waals surface area contributed by atoms with Crippen LogP contribution in [0.4, 0.5) is 11.5 Å². The molecule has 0 saturated heterocycles. The number of hydrogen-bond acceptors (Lipinski definition) is 4. The number of anilines is 2. The van der Waals surface area contributed by atoms with Gasteiger partial charge in [0.05, 0.1) is 0 Å². The number of benzene rings is 1. The molecular formula is C21H24N4OS. The van der Waals surface area contributed by atoms with Gasteiger partial charge in [0, 0.05) is 28.9 Å². The topological polar surface area (TPSA) is 69.8 Å². The quantitative estimate of drug-likeness (QED) is 0.509. The highest BCUT2D eigenvalue weighted by Crippen LogP contribution is 2.36. The van der Waals surface area contributed by atoms with Crippen molar-refractivity contribution in [2.45, 2.75) is 33.6 Å². The summed E-state index contributed by atoms with van der Waals surface area (Å²) in [5, 5.41) is 4.04. The molecule has 27 heavy (non-hydrogen) atoms. The number of pyridine rings is 1. The van der Waals surface area contributed by atoms with Gasteiger partial charge in [0.25, 0.3) is 0 Å². The molecule has 1 aliphatic rings. The van der Waals surface area contributed by atoms with E-state index in [9.17, 15) is 4.79 Å². The van der Waals surface area contributed by atoms with Gasteiger partial charge in [-0.1, -0.05) is 24.9 Å². The number of H-pyrrole nitrogens is 1. The van der Waals surface area contributed by atoms with E-state index in [0.29, 0.717) is 5.82 Å². The summed E-state index contributed by atoms with van der Waals surface area (Å²) < 4.78 is 3.41. The van der Waals surface area contributed by atoms with Crippen molar-refractivity contribution < 1.29 is 4.79 Å². The molecule has 2 heterocycles. The summed E-state index contributed by atoms with van der Waals surface area (Å²) in [4.78, 5) is 20.0. The summed E-state index contributed by atoms with van der Waals surface area (Å²) in [6.45, 7) is 6.42. The van der Waals surface area contributed by atoms with Crippen LogP contribution in [0.3, 0.4) is 0 Å². The third-order valence-electron chi connectivity index (χ3n) is 5.13. The van der Waals surface area contributed by atoms with Crippen LogP contribution in [0, 0.1) is 19.8 Å². The highest BCUT2D eigenvalue weighted by atomic mass is 32.2. The molecule has 0 unspecified atom stereocenters. The van der Waals surface area contributed by atoms with Crippen LogP contribution in [0.1, 0.15) is 30.9 Å². The van der Waals surface area contributed by atoms with E-state index in [1.165, 1.54) is 11.1 Å². The maximum Gasteiger partial charge on any atom is 0.228 e. The van der Waals surface area contributed by atoms with E-state index < -0.39 is 0 Å². The fourth-order valence-corrected chi connectivity index (χ4v) is 3.79. The van der Waals surface area contributed by atoms with E-state index in [2.05, 4.69) is 52.9 Å². The predicted molar refractivity (Wildman–Crippen MR) is 114 cm³/mol. The highest BCUT2D eigenvalue weighted by molar-refractivity contribution is 8.00. The molecule has 0 bridgehead atoms. The van der Waals surface area contributed by atoms with Crippen molar-refractivity contribution in [1.82, 2.24) is 9.97 Å². The largest absolute Gasteiger partial charge is 0.346 e. The molecular weight excluding hydrogens is 356 g/mol. The Balaban J connectivity index is 1.77. The third-order valence-corrected chi connectivity index (χ3v) is 5.78. The average Bonchev–Trinajstić information content (AvgIpc) is 3.41. The van der Waals surface area contributed by atoms with Gasteiger partial charge in [-0.15, -0.1) is 0 Å². The van der Waals surface area contributed by atoms with Gasteiger partial charge >= 0.3 is 0 Å². The minimum atomic E-state index is 0.0726. The number of hydrogen-bond donors (Lipinski definition) is 3. The van der Waals surface area contributed by atoms with Crippen LogP contribution < -0.4 is 10.0 Å². The first-order chi connectivity index (χ1) is 13.1. The number of fused-ring (bicyclic) bond motifs is 1. The number of nitrogens with zero attached hydrogens (tertiary/aromatic N) is 1. The van der Waals surface area contributed by atoms with Crippen LogP contribution in [-0.2, 0) is 4.79 Å².